The number of benzene rings is 1. The van der Waals surface area contributed by atoms with Crippen molar-refractivity contribution in [2.45, 2.75) is 44.6 Å². The highest BCUT2D eigenvalue weighted by Gasteiger charge is 2.37. The van der Waals surface area contributed by atoms with Gasteiger partial charge in [-0.05, 0) is 48.4 Å². The summed E-state index contributed by atoms with van der Waals surface area (Å²) in [6.45, 7) is 1.83. The van der Waals surface area contributed by atoms with Gasteiger partial charge in [-0.1, -0.05) is 30.9 Å². The van der Waals surface area contributed by atoms with Crippen LogP contribution in [0.25, 0.3) is 0 Å². The summed E-state index contributed by atoms with van der Waals surface area (Å²) in [5.41, 5.74) is 1.05. The van der Waals surface area contributed by atoms with Crippen molar-refractivity contribution in [2.24, 2.45) is 11.8 Å². The number of carbonyl (C=O) groups is 1. The van der Waals surface area contributed by atoms with E-state index in [4.69, 9.17) is 16.3 Å². The van der Waals surface area contributed by atoms with Crippen molar-refractivity contribution in [1.29, 1.82) is 0 Å². The fraction of sp³-hybridized carbons (Fsp3) is 0.611. The molecule has 1 aromatic carbocycles. The van der Waals surface area contributed by atoms with Crippen LogP contribution in [0.15, 0.2) is 18.2 Å². The molecule has 3 nitrogen and oxygen atoms in total. The number of carbonyl (C=O) groups excluding carboxylic acids is 1. The first-order valence-electron chi connectivity index (χ1n) is 8.44. The number of likely N-dealkylation sites (tertiary alicyclic amines) is 1. The van der Waals surface area contributed by atoms with Crippen LogP contribution in [-0.4, -0.2) is 30.0 Å². The molecule has 4 heteroatoms. The van der Waals surface area contributed by atoms with E-state index in [1.54, 1.807) is 0 Å². The molecular weight excluding hydrogens is 298 g/mol. The van der Waals surface area contributed by atoms with Crippen LogP contribution in [0.1, 0.15) is 37.7 Å². The molecule has 3 aliphatic rings. The van der Waals surface area contributed by atoms with Gasteiger partial charge in [0.25, 0.3) is 5.91 Å². The molecule has 2 heterocycles. The highest BCUT2D eigenvalue weighted by atomic mass is 35.5. The number of ether oxygens (including phenoxy) is 1. The average molecular weight is 320 g/mol. The maximum atomic E-state index is 12.8. The minimum Gasteiger partial charge on any atom is -0.480 e. The predicted octanol–water partition coefficient (Wildman–Crippen LogP) is 3.68. The van der Waals surface area contributed by atoms with Crippen molar-refractivity contribution in [1.82, 2.24) is 4.90 Å². The number of piperidine rings is 1. The molecule has 3 atom stereocenters. The summed E-state index contributed by atoms with van der Waals surface area (Å²) >= 11 is 6.02. The molecule has 4 rings (SSSR count). The monoisotopic (exact) mass is 319 g/mol. The van der Waals surface area contributed by atoms with Gasteiger partial charge < -0.3 is 9.64 Å². The number of halogens is 1. The topological polar surface area (TPSA) is 29.5 Å². The third-order valence-corrected chi connectivity index (χ3v) is 5.81. The zero-order valence-electron chi connectivity index (χ0n) is 12.8. The minimum atomic E-state index is -0.353. The largest absolute Gasteiger partial charge is 0.480 e. The fourth-order valence-corrected chi connectivity index (χ4v) is 4.55. The van der Waals surface area contributed by atoms with Crippen molar-refractivity contribution >= 4 is 17.5 Å². The standard InChI is InChI=1S/C18H22ClNO2/c19-15-5-6-16-14(9-15)10-17(22-16)18(21)20-8-7-12-3-1-2-4-13(12)11-20/h5-6,9,12-13,17H,1-4,7-8,10-11H2/t12-,13-,17-/m1/s1. The van der Waals surface area contributed by atoms with Gasteiger partial charge in [0.05, 0.1) is 0 Å². The Labute approximate surface area is 136 Å². The Morgan fingerprint density at radius 2 is 2.00 bits per heavy atom. The van der Waals surface area contributed by atoms with E-state index in [-0.39, 0.29) is 12.0 Å². The van der Waals surface area contributed by atoms with Crippen molar-refractivity contribution in [2.75, 3.05) is 13.1 Å². The Morgan fingerprint density at radius 3 is 2.86 bits per heavy atom. The van der Waals surface area contributed by atoms with Gasteiger partial charge in [-0.3, -0.25) is 4.79 Å². The molecule has 2 fully saturated rings. The van der Waals surface area contributed by atoms with Gasteiger partial charge in [0.15, 0.2) is 6.10 Å². The molecule has 0 radical (unpaired) electrons. The Bertz CT molecular complexity index is 588. The van der Waals surface area contributed by atoms with Crippen LogP contribution in [0, 0.1) is 11.8 Å². The molecule has 22 heavy (non-hydrogen) atoms. The molecule has 2 aliphatic heterocycles. The molecule has 0 N–H and O–H groups in total. The third-order valence-electron chi connectivity index (χ3n) is 5.58. The van der Waals surface area contributed by atoms with Gasteiger partial charge in [0.2, 0.25) is 0 Å². The summed E-state index contributed by atoms with van der Waals surface area (Å²) in [6.07, 6.45) is 6.81. The lowest BCUT2D eigenvalue weighted by atomic mass is 9.75. The molecule has 0 aromatic heterocycles. The second-order valence-corrected chi connectivity index (χ2v) is 7.38. The molecular formula is C18H22ClNO2. The molecule has 118 valence electrons. The summed E-state index contributed by atoms with van der Waals surface area (Å²) in [5, 5.41) is 0.707. The second-order valence-electron chi connectivity index (χ2n) is 6.94. The first-order valence-corrected chi connectivity index (χ1v) is 8.82. The maximum Gasteiger partial charge on any atom is 0.264 e. The van der Waals surface area contributed by atoms with Crippen LogP contribution in [-0.2, 0) is 11.2 Å². The van der Waals surface area contributed by atoms with Crippen LogP contribution >= 0.6 is 11.6 Å². The summed E-state index contributed by atoms with van der Waals surface area (Å²) in [4.78, 5) is 14.8. The summed E-state index contributed by atoms with van der Waals surface area (Å²) < 4.78 is 5.86. The zero-order chi connectivity index (χ0) is 15.1. The van der Waals surface area contributed by atoms with E-state index in [1.807, 2.05) is 23.1 Å². The Kier molecular flexibility index (Phi) is 3.77. The lowest BCUT2D eigenvalue weighted by Gasteiger charge is -2.41. The van der Waals surface area contributed by atoms with E-state index in [1.165, 1.54) is 32.1 Å². The van der Waals surface area contributed by atoms with Crippen LogP contribution < -0.4 is 4.74 Å². The highest BCUT2D eigenvalue weighted by molar-refractivity contribution is 6.30. The lowest BCUT2D eigenvalue weighted by Crippen LogP contribution is -2.49. The number of amides is 1. The van der Waals surface area contributed by atoms with Crippen molar-refractivity contribution in [3.05, 3.63) is 28.8 Å². The summed E-state index contributed by atoms with van der Waals surface area (Å²) in [7, 11) is 0. The number of nitrogens with zero attached hydrogens (tertiary/aromatic N) is 1. The number of fused-ring (bicyclic) bond motifs is 2. The minimum absolute atomic E-state index is 0.163. The van der Waals surface area contributed by atoms with Crippen LogP contribution in [0.4, 0.5) is 0 Å². The van der Waals surface area contributed by atoms with Crippen molar-refractivity contribution in [3.8, 4) is 5.75 Å². The molecule has 1 saturated carbocycles. The van der Waals surface area contributed by atoms with E-state index < -0.39 is 0 Å². The van der Waals surface area contributed by atoms with E-state index in [0.717, 1.165) is 30.3 Å². The molecule has 1 amide bonds. The van der Waals surface area contributed by atoms with Crippen molar-refractivity contribution < 1.29 is 9.53 Å². The summed E-state index contributed by atoms with van der Waals surface area (Å²) in [5.74, 6) is 2.54. The fourth-order valence-electron chi connectivity index (χ4n) is 4.36. The average Bonchev–Trinajstić information content (AvgIpc) is 2.96. The van der Waals surface area contributed by atoms with Gasteiger partial charge >= 0.3 is 0 Å². The lowest BCUT2D eigenvalue weighted by molar-refractivity contribution is -0.141. The smallest absolute Gasteiger partial charge is 0.264 e. The van der Waals surface area contributed by atoms with Gasteiger partial charge in [-0.25, -0.2) is 0 Å². The predicted molar refractivity (Wildman–Crippen MR) is 86.2 cm³/mol. The van der Waals surface area contributed by atoms with E-state index >= 15 is 0 Å². The first-order chi connectivity index (χ1) is 10.7. The van der Waals surface area contributed by atoms with E-state index in [0.29, 0.717) is 17.4 Å². The molecule has 1 saturated heterocycles. The van der Waals surface area contributed by atoms with Crippen LogP contribution in [0.3, 0.4) is 0 Å². The summed E-state index contributed by atoms with van der Waals surface area (Å²) in [6, 6.07) is 5.61. The van der Waals surface area contributed by atoms with E-state index in [9.17, 15) is 4.79 Å². The zero-order valence-corrected chi connectivity index (χ0v) is 13.5. The number of rotatable bonds is 1. The van der Waals surface area contributed by atoms with Gasteiger partial charge in [0, 0.05) is 24.5 Å². The van der Waals surface area contributed by atoms with Gasteiger partial charge in [-0.2, -0.15) is 0 Å². The third kappa shape index (κ3) is 2.60. The molecule has 0 unspecified atom stereocenters. The normalized spacial score (nSPS) is 30.4. The number of hydrogen-bond acceptors (Lipinski definition) is 2. The van der Waals surface area contributed by atoms with Crippen LogP contribution in [0.2, 0.25) is 5.02 Å². The Hall–Kier alpha value is -1.22. The molecule has 0 spiro atoms. The Balaban J connectivity index is 1.43. The SMILES string of the molecule is O=C([C@H]1Cc2cc(Cl)ccc2O1)N1CC[C@H]2CCCC[C@@H]2C1. The quantitative estimate of drug-likeness (QED) is 0.790. The highest BCUT2D eigenvalue weighted by Crippen LogP contribution is 2.37. The first kappa shape index (κ1) is 14.4. The second kappa shape index (κ2) is 5.77. The van der Waals surface area contributed by atoms with E-state index in [2.05, 4.69) is 0 Å². The Morgan fingerprint density at radius 1 is 1.18 bits per heavy atom. The molecule has 1 aromatic rings. The van der Waals surface area contributed by atoms with Gasteiger partial charge in [0.1, 0.15) is 5.75 Å². The molecule has 1 aliphatic carbocycles. The van der Waals surface area contributed by atoms with Gasteiger partial charge in [-0.15, -0.1) is 0 Å². The molecule has 0 bridgehead atoms. The van der Waals surface area contributed by atoms with Crippen molar-refractivity contribution in [3.63, 3.8) is 0 Å². The van der Waals surface area contributed by atoms with Crippen LogP contribution in [0.5, 0.6) is 5.75 Å². The maximum absolute atomic E-state index is 12.8. The number of hydrogen-bond donors (Lipinski definition) is 0.